The van der Waals surface area contributed by atoms with Crippen LogP contribution >= 0.6 is 23.2 Å². The molecule has 8 nitrogen and oxygen atoms in total. The monoisotopic (exact) mass is 427 g/mol. The van der Waals surface area contributed by atoms with Crippen LogP contribution in [0, 0.1) is 5.92 Å². The zero-order chi connectivity index (χ0) is 20.8. The zero-order valence-corrected chi connectivity index (χ0v) is 16.6. The maximum atomic E-state index is 12.4. The van der Waals surface area contributed by atoms with Gasteiger partial charge >= 0.3 is 5.97 Å². The van der Waals surface area contributed by atoms with Gasteiger partial charge in [-0.25, -0.2) is 0 Å². The van der Waals surface area contributed by atoms with Crippen molar-refractivity contribution in [3.8, 4) is 5.75 Å². The van der Waals surface area contributed by atoms with Crippen molar-refractivity contribution in [3.05, 3.63) is 45.7 Å². The third-order valence-electron chi connectivity index (χ3n) is 3.43. The molecule has 0 spiro atoms. The van der Waals surface area contributed by atoms with Crippen LogP contribution in [0.15, 0.2) is 24.3 Å². The Labute approximate surface area is 171 Å². The summed E-state index contributed by atoms with van der Waals surface area (Å²) in [4.78, 5) is 37.7. The summed E-state index contributed by atoms with van der Waals surface area (Å²) in [6, 6.07) is 5.77. The van der Waals surface area contributed by atoms with Gasteiger partial charge in [-0.2, -0.15) is 0 Å². The molecular weight excluding hydrogens is 409 g/mol. The lowest BCUT2D eigenvalue weighted by Gasteiger charge is -2.15. The molecule has 1 heterocycles. The summed E-state index contributed by atoms with van der Waals surface area (Å²) in [6.45, 7) is 3.74. The number of carboxylic acid groups (broad SMARTS) is 1. The number of aromatic nitrogens is 1. The van der Waals surface area contributed by atoms with Crippen LogP contribution in [0.3, 0.4) is 0 Å². The predicted molar refractivity (Wildman–Crippen MR) is 106 cm³/mol. The first-order valence-electron chi connectivity index (χ1n) is 8.29. The summed E-state index contributed by atoms with van der Waals surface area (Å²) < 4.78 is 5.71. The second kappa shape index (κ2) is 9.48. The van der Waals surface area contributed by atoms with Crippen molar-refractivity contribution < 1.29 is 24.2 Å². The number of amides is 2. The number of anilines is 1. The molecule has 1 aromatic carbocycles. The first-order chi connectivity index (χ1) is 13.2. The molecule has 10 heteroatoms. The number of halogens is 2. The fourth-order valence-corrected chi connectivity index (χ4v) is 2.43. The minimum atomic E-state index is -1.16. The number of carboxylic acids is 1. The topological polar surface area (TPSA) is 121 Å². The van der Waals surface area contributed by atoms with Gasteiger partial charge in [0.2, 0.25) is 0 Å². The van der Waals surface area contributed by atoms with Gasteiger partial charge in [0.15, 0.2) is 0 Å². The molecule has 0 aliphatic carbocycles. The van der Waals surface area contributed by atoms with Crippen molar-refractivity contribution >= 4 is 46.7 Å². The van der Waals surface area contributed by atoms with Crippen molar-refractivity contribution in [3.63, 3.8) is 0 Å². The summed E-state index contributed by atoms with van der Waals surface area (Å²) >= 11 is 11.7. The van der Waals surface area contributed by atoms with Gasteiger partial charge in [0.1, 0.15) is 23.1 Å². The van der Waals surface area contributed by atoms with Gasteiger partial charge in [-0.15, -0.1) is 0 Å². The van der Waals surface area contributed by atoms with E-state index in [4.69, 9.17) is 33.0 Å². The largest absolute Gasteiger partial charge is 0.491 e. The van der Waals surface area contributed by atoms with Gasteiger partial charge in [-0.3, -0.25) is 14.4 Å². The molecule has 1 aromatic heterocycles. The van der Waals surface area contributed by atoms with Gasteiger partial charge in [-0.05, 0) is 30.2 Å². The van der Waals surface area contributed by atoms with Crippen molar-refractivity contribution in [1.29, 1.82) is 0 Å². The number of nitrogens with one attached hydrogen (secondary N) is 3. The van der Waals surface area contributed by atoms with Crippen LogP contribution in [-0.4, -0.2) is 41.0 Å². The highest BCUT2D eigenvalue weighted by atomic mass is 35.5. The quantitative estimate of drug-likeness (QED) is 0.514. The average Bonchev–Trinajstić information content (AvgIpc) is 2.97. The molecule has 0 fully saturated rings. The van der Waals surface area contributed by atoms with Gasteiger partial charge in [0, 0.05) is 5.56 Å². The number of H-pyrrole nitrogens is 1. The fraction of sp³-hybridized carbons (Fsp3) is 0.278. The Hall–Kier alpha value is -2.71. The Kier molecular flexibility index (Phi) is 7.31. The Morgan fingerprint density at radius 2 is 1.89 bits per heavy atom. The first kappa shape index (κ1) is 21.6. The number of benzene rings is 1. The minimum Gasteiger partial charge on any atom is -0.491 e. The van der Waals surface area contributed by atoms with Crippen molar-refractivity contribution in [2.45, 2.75) is 13.8 Å². The van der Waals surface area contributed by atoms with Crippen molar-refractivity contribution in [1.82, 2.24) is 10.3 Å². The maximum Gasteiger partial charge on any atom is 0.322 e. The number of aromatic amines is 1. The van der Waals surface area contributed by atoms with Crippen molar-refractivity contribution in [2.75, 3.05) is 18.5 Å². The average molecular weight is 428 g/mol. The summed E-state index contributed by atoms with van der Waals surface area (Å²) in [5, 5.41) is 14.0. The second-order valence-corrected chi connectivity index (χ2v) is 7.08. The SMILES string of the molecule is CC(C)COc1cc(C(=O)NCC(=O)O)ccc1NC(=O)c1cc(Cl)c(Cl)[nH]1. The van der Waals surface area contributed by atoms with Crippen molar-refractivity contribution in [2.24, 2.45) is 5.92 Å². The lowest BCUT2D eigenvalue weighted by atomic mass is 10.1. The number of hydrogen-bond acceptors (Lipinski definition) is 4. The zero-order valence-electron chi connectivity index (χ0n) is 15.1. The maximum absolute atomic E-state index is 12.4. The Bertz CT molecular complexity index is 876. The van der Waals surface area contributed by atoms with E-state index >= 15 is 0 Å². The number of hydrogen-bond donors (Lipinski definition) is 4. The van der Waals surface area contributed by atoms with E-state index in [2.05, 4.69) is 15.6 Å². The van der Waals surface area contributed by atoms with Crippen LogP contribution in [0.2, 0.25) is 10.2 Å². The van der Waals surface area contributed by atoms with E-state index in [1.165, 1.54) is 24.3 Å². The molecule has 2 amide bonds. The van der Waals surface area contributed by atoms with E-state index in [0.717, 1.165) is 0 Å². The molecule has 4 N–H and O–H groups in total. The van der Waals surface area contributed by atoms with Gasteiger partial charge < -0.3 is 25.5 Å². The third-order valence-corrected chi connectivity index (χ3v) is 4.13. The lowest BCUT2D eigenvalue weighted by Crippen LogP contribution is -2.29. The lowest BCUT2D eigenvalue weighted by molar-refractivity contribution is -0.135. The first-order valence-corrected chi connectivity index (χ1v) is 9.05. The number of carbonyl (C=O) groups excluding carboxylic acids is 2. The van der Waals surface area contributed by atoms with Crippen LogP contribution in [0.1, 0.15) is 34.7 Å². The normalized spacial score (nSPS) is 10.6. The van der Waals surface area contributed by atoms with Crippen LogP contribution in [0.4, 0.5) is 5.69 Å². The van der Waals surface area contributed by atoms with E-state index in [0.29, 0.717) is 12.3 Å². The van der Waals surface area contributed by atoms with E-state index in [9.17, 15) is 14.4 Å². The number of carbonyl (C=O) groups is 3. The molecule has 0 aliphatic rings. The summed E-state index contributed by atoms with van der Waals surface area (Å²) in [5.74, 6) is -1.75. The number of rotatable bonds is 8. The highest BCUT2D eigenvalue weighted by Crippen LogP contribution is 2.28. The van der Waals surface area contributed by atoms with Gasteiger partial charge in [0.05, 0.1) is 17.3 Å². The van der Waals surface area contributed by atoms with E-state index in [1.807, 2.05) is 13.8 Å². The molecule has 0 saturated carbocycles. The molecule has 0 saturated heterocycles. The summed E-state index contributed by atoms with van der Waals surface area (Å²) in [5.41, 5.74) is 0.694. The van der Waals surface area contributed by atoms with E-state index < -0.39 is 24.3 Å². The highest BCUT2D eigenvalue weighted by molar-refractivity contribution is 6.41. The van der Waals surface area contributed by atoms with Crippen LogP contribution < -0.4 is 15.4 Å². The molecule has 2 aromatic rings. The predicted octanol–water partition coefficient (Wildman–Crippen LogP) is 3.42. The van der Waals surface area contributed by atoms with Gasteiger partial charge in [0.25, 0.3) is 11.8 Å². The third kappa shape index (κ3) is 5.90. The molecule has 150 valence electrons. The summed E-state index contributed by atoms with van der Waals surface area (Å²) in [7, 11) is 0. The van der Waals surface area contributed by atoms with Crippen LogP contribution in [-0.2, 0) is 4.79 Å². The molecular formula is C18H19Cl2N3O5. The Morgan fingerprint density at radius 1 is 1.18 bits per heavy atom. The molecule has 0 unspecified atom stereocenters. The minimum absolute atomic E-state index is 0.147. The standard InChI is InChI=1S/C18H19Cl2N3O5/c1-9(2)8-28-14-5-10(17(26)21-7-15(24)25)3-4-12(14)23-18(27)13-6-11(19)16(20)22-13/h3-6,9,22H,7-8H2,1-2H3,(H,21,26)(H,23,27)(H,24,25). The Balaban J connectivity index is 2.24. The molecule has 0 radical (unpaired) electrons. The smallest absolute Gasteiger partial charge is 0.322 e. The van der Waals surface area contributed by atoms with Crippen LogP contribution in [0.25, 0.3) is 0 Å². The molecule has 0 bridgehead atoms. The number of ether oxygens (including phenoxy) is 1. The highest BCUT2D eigenvalue weighted by Gasteiger charge is 2.17. The molecule has 0 aliphatic heterocycles. The fourth-order valence-electron chi connectivity index (χ4n) is 2.12. The number of aliphatic carboxylic acids is 1. The molecule has 0 atom stereocenters. The molecule has 2 rings (SSSR count). The van der Waals surface area contributed by atoms with E-state index in [-0.39, 0.29) is 33.1 Å². The van der Waals surface area contributed by atoms with Gasteiger partial charge in [-0.1, -0.05) is 37.0 Å². The van der Waals surface area contributed by atoms with Crippen LogP contribution in [0.5, 0.6) is 5.75 Å². The molecule has 28 heavy (non-hydrogen) atoms. The summed E-state index contributed by atoms with van der Waals surface area (Å²) in [6.07, 6.45) is 0. The Morgan fingerprint density at radius 3 is 2.46 bits per heavy atom. The second-order valence-electron chi connectivity index (χ2n) is 6.29. The van der Waals surface area contributed by atoms with E-state index in [1.54, 1.807) is 0 Å².